The molecule has 1 aromatic carbocycles. The fourth-order valence-corrected chi connectivity index (χ4v) is 2.39. The lowest BCUT2D eigenvalue weighted by molar-refractivity contribution is 0.0594. The van der Waals surface area contributed by atoms with E-state index in [4.69, 9.17) is 4.74 Å². The van der Waals surface area contributed by atoms with Crippen molar-refractivity contribution in [1.82, 2.24) is 20.0 Å². The van der Waals surface area contributed by atoms with Gasteiger partial charge in [-0.25, -0.2) is 4.79 Å². The number of aryl methyl sites for hydroxylation is 1. The van der Waals surface area contributed by atoms with Crippen molar-refractivity contribution in [3.63, 3.8) is 0 Å². The Balaban J connectivity index is 1.82. The van der Waals surface area contributed by atoms with E-state index in [2.05, 4.69) is 25.3 Å². The number of carbonyl (C=O) groups excluding carboxylic acids is 2. The molecule has 0 unspecified atom stereocenters. The van der Waals surface area contributed by atoms with E-state index < -0.39 is 11.9 Å². The fourth-order valence-electron chi connectivity index (χ4n) is 2.39. The molecule has 2 aromatic heterocycles. The van der Waals surface area contributed by atoms with Gasteiger partial charge < -0.3 is 14.8 Å². The molecule has 0 saturated carbocycles. The molecule has 0 radical (unpaired) electrons. The average Bonchev–Trinajstić information content (AvgIpc) is 3.28. The van der Waals surface area contributed by atoms with Crippen LogP contribution in [-0.2, 0) is 11.8 Å². The van der Waals surface area contributed by atoms with Crippen molar-refractivity contribution in [1.29, 1.82) is 0 Å². The minimum Gasteiger partial charge on any atom is -0.497 e. The maximum atomic E-state index is 12.5. The molecule has 0 aliphatic rings. The average molecular weight is 355 g/mol. The first-order valence-corrected chi connectivity index (χ1v) is 7.65. The number of benzene rings is 1. The van der Waals surface area contributed by atoms with E-state index in [1.165, 1.54) is 18.0 Å². The molecular weight excluding hydrogens is 338 g/mol. The number of anilines is 1. The Bertz CT molecular complexity index is 960. The Morgan fingerprint density at radius 1 is 1.23 bits per heavy atom. The smallest absolute Gasteiger partial charge is 0.360 e. The first kappa shape index (κ1) is 17.2. The summed E-state index contributed by atoms with van der Waals surface area (Å²) in [7, 11) is 4.46. The van der Waals surface area contributed by atoms with Crippen LogP contribution in [0.3, 0.4) is 0 Å². The van der Waals surface area contributed by atoms with Crippen molar-refractivity contribution in [2.75, 3.05) is 19.5 Å². The second-order valence-electron chi connectivity index (χ2n) is 5.41. The molecule has 26 heavy (non-hydrogen) atoms. The lowest BCUT2D eigenvalue weighted by atomic mass is 10.1. The molecule has 2 N–H and O–H groups in total. The summed E-state index contributed by atoms with van der Waals surface area (Å²) in [6, 6.07) is 8.94. The normalized spacial score (nSPS) is 10.4. The van der Waals surface area contributed by atoms with Crippen molar-refractivity contribution in [2.24, 2.45) is 7.05 Å². The molecule has 0 aliphatic heterocycles. The molecule has 0 aliphatic carbocycles. The van der Waals surface area contributed by atoms with Crippen LogP contribution in [0.1, 0.15) is 21.0 Å². The minimum absolute atomic E-state index is 0.0240. The van der Waals surface area contributed by atoms with E-state index in [1.54, 1.807) is 20.2 Å². The van der Waals surface area contributed by atoms with E-state index in [1.807, 2.05) is 24.3 Å². The van der Waals surface area contributed by atoms with E-state index in [0.29, 0.717) is 11.4 Å². The maximum Gasteiger partial charge on any atom is 0.360 e. The largest absolute Gasteiger partial charge is 0.497 e. The summed E-state index contributed by atoms with van der Waals surface area (Å²) in [6.45, 7) is 0. The number of esters is 1. The number of hydrogen-bond acceptors (Lipinski definition) is 6. The molecule has 2 heterocycles. The van der Waals surface area contributed by atoms with Gasteiger partial charge in [-0.1, -0.05) is 12.1 Å². The van der Waals surface area contributed by atoms with Gasteiger partial charge in [0, 0.05) is 18.8 Å². The molecule has 134 valence electrons. The number of ether oxygens (including phenoxy) is 2. The summed E-state index contributed by atoms with van der Waals surface area (Å²) in [5.74, 6) is -0.401. The summed E-state index contributed by atoms with van der Waals surface area (Å²) in [5.41, 5.74) is 1.91. The van der Waals surface area contributed by atoms with Crippen molar-refractivity contribution in [3.8, 4) is 17.0 Å². The Morgan fingerprint density at radius 2 is 2.04 bits per heavy atom. The predicted molar refractivity (Wildman–Crippen MR) is 93.1 cm³/mol. The first-order chi connectivity index (χ1) is 12.5. The van der Waals surface area contributed by atoms with Crippen LogP contribution in [0.15, 0.2) is 36.5 Å². The monoisotopic (exact) mass is 355 g/mol. The lowest BCUT2D eigenvalue weighted by Crippen LogP contribution is -2.15. The van der Waals surface area contributed by atoms with Crippen LogP contribution < -0.4 is 10.1 Å². The zero-order valence-electron chi connectivity index (χ0n) is 14.4. The number of carbonyl (C=O) groups is 2. The predicted octanol–water partition coefficient (Wildman–Crippen LogP) is 1.86. The fraction of sp³-hybridized carbons (Fsp3) is 0.176. The van der Waals surface area contributed by atoms with Crippen LogP contribution >= 0.6 is 0 Å². The summed E-state index contributed by atoms with van der Waals surface area (Å²) >= 11 is 0. The first-order valence-electron chi connectivity index (χ1n) is 7.65. The molecule has 3 rings (SSSR count). The molecule has 9 nitrogen and oxygen atoms in total. The van der Waals surface area contributed by atoms with Gasteiger partial charge >= 0.3 is 5.97 Å². The number of amides is 1. The molecule has 3 aromatic rings. The van der Waals surface area contributed by atoms with Crippen LogP contribution in [-0.4, -0.2) is 46.1 Å². The van der Waals surface area contributed by atoms with Gasteiger partial charge in [-0.05, 0) is 18.2 Å². The number of hydrogen-bond donors (Lipinski definition) is 2. The summed E-state index contributed by atoms with van der Waals surface area (Å²) < 4.78 is 11.3. The van der Waals surface area contributed by atoms with Crippen LogP contribution in [0, 0.1) is 0 Å². The van der Waals surface area contributed by atoms with Gasteiger partial charge in [0.15, 0.2) is 5.69 Å². The second-order valence-corrected chi connectivity index (χ2v) is 5.41. The molecule has 0 spiro atoms. The van der Waals surface area contributed by atoms with Gasteiger partial charge in [-0.2, -0.15) is 10.2 Å². The quantitative estimate of drug-likeness (QED) is 0.676. The van der Waals surface area contributed by atoms with Gasteiger partial charge in [0.05, 0.1) is 25.6 Å². The third kappa shape index (κ3) is 3.41. The highest BCUT2D eigenvalue weighted by atomic mass is 16.5. The van der Waals surface area contributed by atoms with E-state index >= 15 is 0 Å². The van der Waals surface area contributed by atoms with E-state index in [-0.39, 0.29) is 17.1 Å². The Morgan fingerprint density at radius 3 is 2.77 bits per heavy atom. The number of rotatable bonds is 5. The number of aromatic nitrogens is 4. The third-order valence-corrected chi connectivity index (χ3v) is 3.64. The Kier molecular flexibility index (Phi) is 4.70. The van der Waals surface area contributed by atoms with E-state index in [9.17, 15) is 9.59 Å². The van der Waals surface area contributed by atoms with Gasteiger partial charge in [-0.15, -0.1) is 0 Å². The summed E-state index contributed by atoms with van der Waals surface area (Å²) in [4.78, 5) is 24.2. The topological polar surface area (TPSA) is 111 Å². The highest BCUT2D eigenvalue weighted by Gasteiger charge is 2.20. The molecule has 1 amide bonds. The molecular formula is C17H17N5O4. The highest BCUT2D eigenvalue weighted by molar-refractivity contribution is 6.06. The van der Waals surface area contributed by atoms with Crippen LogP contribution in [0.5, 0.6) is 5.75 Å². The van der Waals surface area contributed by atoms with E-state index in [0.717, 1.165) is 5.56 Å². The van der Waals surface area contributed by atoms with Crippen molar-refractivity contribution >= 4 is 17.6 Å². The maximum absolute atomic E-state index is 12.5. The number of aromatic amines is 1. The van der Waals surface area contributed by atoms with Crippen molar-refractivity contribution < 1.29 is 19.1 Å². The molecule has 0 atom stereocenters. The zero-order valence-corrected chi connectivity index (χ0v) is 14.4. The van der Waals surface area contributed by atoms with Gasteiger partial charge in [0.2, 0.25) is 0 Å². The van der Waals surface area contributed by atoms with Crippen LogP contribution in [0.25, 0.3) is 11.3 Å². The molecule has 0 bridgehead atoms. The zero-order chi connectivity index (χ0) is 18.7. The molecule has 0 saturated heterocycles. The number of nitrogens with one attached hydrogen (secondary N) is 2. The Labute approximate surface area is 148 Å². The molecule has 9 heteroatoms. The summed E-state index contributed by atoms with van der Waals surface area (Å²) in [5, 5.41) is 13.5. The van der Waals surface area contributed by atoms with Crippen molar-refractivity contribution in [3.05, 3.63) is 47.9 Å². The number of nitrogens with zero attached hydrogens (tertiary/aromatic N) is 3. The van der Waals surface area contributed by atoms with Gasteiger partial charge in [0.1, 0.15) is 11.4 Å². The lowest BCUT2D eigenvalue weighted by Gasteiger charge is -2.02. The third-order valence-electron chi connectivity index (χ3n) is 3.64. The second kappa shape index (κ2) is 7.09. The van der Waals surface area contributed by atoms with Crippen LogP contribution in [0.2, 0.25) is 0 Å². The standard InChI is InChI=1S/C17H17N5O4/c1-22-9-14(15(21-22)17(24)26-3)18-16(23)13-8-12(19-20-13)10-5-4-6-11(7-10)25-2/h4-9H,1-3H3,(H,18,23)(H,19,20). The molecule has 0 fully saturated rings. The number of methoxy groups -OCH3 is 2. The van der Waals surface area contributed by atoms with Gasteiger partial charge in [-0.3, -0.25) is 14.6 Å². The van der Waals surface area contributed by atoms with Gasteiger partial charge in [0.25, 0.3) is 5.91 Å². The summed E-state index contributed by atoms with van der Waals surface area (Å²) in [6.07, 6.45) is 1.52. The minimum atomic E-state index is -0.636. The van der Waals surface area contributed by atoms with Crippen LogP contribution in [0.4, 0.5) is 5.69 Å². The Hall–Kier alpha value is -3.62. The highest BCUT2D eigenvalue weighted by Crippen LogP contribution is 2.23. The number of H-pyrrole nitrogens is 1. The SMILES string of the molecule is COC(=O)c1nn(C)cc1NC(=O)c1cc(-c2cccc(OC)c2)n[nH]1. The van der Waals surface area contributed by atoms with Crippen molar-refractivity contribution in [2.45, 2.75) is 0 Å².